The minimum atomic E-state index is -0.895. The Bertz CT molecular complexity index is 601. The first-order valence-electron chi connectivity index (χ1n) is 7.03. The molecule has 0 fully saturated rings. The number of carbonyl (C=O) groups excluding carboxylic acids is 2. The maximum absolute atomic E-state index is 11.6. The third kappa shape index (κ3) is 7.19. The van der Waals surface area contributed by atoms with Crippen LogP contribution in [0.2, 0.25) is 0 Å². The maximum atomic E-state index is 11.6. The summed E-state index contributed by atoms with van der Waals surface area (Å²) >= 11 is 0. The number of ether oxygens (including phenoxy) is 2. The van der Waals surface area contributed by atoms with Crippen molar-refractivity contribution in [2.24, 2.45) is 5.11 Å². The van der Waals surface area contributed by atoms with E-state index < -0.39 is 23.7 Å². The van der Waals surface area contributed by atoms with Gasteiger partial charge in [0.2, 0.25) is 0 Å². The van der Waals surface area contributed by atoms with Gasteiger partial charge in [-0.2, -0.15) is 0 Å². The molecule has 0 saturated heterocycles. The van der Waals surface area contributed by atoms with E-state index in [9.17, 15) is 9.59 Å². The third-order valence-corrected chi connectivity index (χ3v) is 2.54. The summed E-state index contributed by atoms with van der Waals surface area (Å²) in [6, 6.07) is 5.70. The molecule has 1 atom stereocenters. The molecule has 0 aliphatic carbocycles. The number of nitrogens with zero attached hydrogens (tertiary/aromatic N) is 3. The van der Waals surface area contributed by atoms with Crippen molar-refractivity contribution in [1.29, 1.82) is 0 Å². The average Bonchev–Trinajstić information content (AvgIpc) is 2.45. The number of amides is 1. The van der Waals surface area contributed by atoms with Gasteiger partial charge in [0.05, 0.1) is 0 Å². The van der Waals surface area contributed by atoms with Gasteiger partial charge < -0.3 is 14.8 Å². The third-order valence-electron chi connectivity index (χ3n) is 2.54. The molecular formula is C15H20N4O4. The molecule has 8 heteroatoms. The number of esters is 1. The Hall–Kier alpha value is -2.73. The Balaban J connectivity index is 2.52. The first-order valence-corrected chi connectivity index (χ1v) is 7.03. The molecule has 1 N–H and O–H groups in total. The standard InChI is InChI=1S/C15H20N4O4/c1-10(18-19-16)13(20)22-12-7-5-11(6-8-12)9-17-14(21)23-15(2,3)4/h5-8,10H,9H2,1-4H3,(H,17,21). The van der Waals surface area contributed by atoms with E-state index in [1.54, 1.807) is 45.0 Å². The SMILES string of the molecule is CC(N=[N+]=[N-])C(=O)Oc1ccc(CNC(=O)OC(C)(C)C)cc1. The summed E-state index contributed by atoms with van der Waals surface area (Å²) in [7, 11) is 0. The predicted octanol–water partition coefficient (Wildman–Crippen LogP) is 3.32. The zero-order chi connectivity index (χ0) is 17.5. The van der Waals surface area contributed by atoms with Crippen LogP contribution >= 0.6 is 0 Å². The zero-order valence-corrected chi connectivity index (χ0v) is 13.6. The molecule has 0 aliphatic rings. The second-order valence-corrected chi connectivity index (χ2v) is 5.80. The molecule has 1 unspecified atom stereocenters. The summed E-state index contributed by atoms with van der Waals surface area (Å²) in [6.07, 6.45) is -0.504. The fourth-order valence-corrected chi connectivity index (χ4v) is 1.49. The average molecular weight is 320 g/mol. The minimum absolute atomic E-state index is 0.290. The summed E-state index contributed by atoms with van der Waals surface area (Å²) in [4.78, 5) is 25.7. The highest BCUT2D eigenvalue weighted by atomic mass is 16.6. The van der Waals surface area contributed by atoms with Crippen molar-refractivity contribution in [2.75, 3.05) is 0 Å². The Labute approximate surface area is 134 Å². The van der Waals surface area contributed by atoms with Crippen LogP contribution < -0.4 is 10.1 Å². The molecule has 1 amide bonds. The van der Waals surface area contributed by atoms with Crippen molar-refractivity contribution in [2.45, 2.75) is 45.9 Å². The molecule has 0 saturated carbocycles. The van der Waals surface area contributed by atoms with Crippen LogP contribution in [0, 0.1) is 0 Å². The second-order valence-electron chi connectivity index (χ2n) is 5.80. The van der Waals surface area contributed by atoms with Crippen molar-refractivity contribution in [1.82, 2.24) is 5.32 Å². The molecule has 1 rings (SSSR count). The molecular weight excluding hydrogens is 300 g/mol. The van der Waals surface area contributed by atoms with Crippen molar-refractivity contribution in [3.8, 4) is 5.75 Å². The van der Waals surface area contributed by atoms with Crippen LogP contribution in [-0.4, -0.2) is 23.7 Å². The van der Waals surface area contributed by atoms with Gasteiger partial charge in [0.1, 0.15) is 17.4 Å². The highest BCUT2D eigenvalue weighted by Crippen LogP contribution is 2.14. The van der Waals surface area contributed by atoms with Crippen LogP contribution in [0.25, 0.3) is 10.4 Å². The molecule has 0 spiro atoms. The van der Waals surface area contributed by atoms with Gasteiger partial charge in [0.15, 0.2) is 0 Å². The van der Waals surface area contributed by atoms with Crippen molar-refractivity contribution in [3.05, 3.63) is 40.3 Å². The van der Waals surface area contributed by atoms with E-state index >= 15 is 0 Å². The topological polar surface area (TPSA) is 113 Å². The molecule has 23 heavy (non-hydrogen) atoms. The number of alkyl carbamates (subject to hydrolysis) is 1. The highest BCUT2D eigenvalue weighted by Gasteiger charge is 2.16. The number of rotatable bonds is 5. The molecule has 0 bridgehead atoms. The number of benzene rings is 1. The lowest BCUT2D eigenvalue weighted by Crippen LogP contribution is -2.32. The molecule has 124 valence electrons. The quantitative estimate of drug-likeness (QED) is 0.295. The lowest BCUT2D eigenvalue weighted by atomic mass is 10.2. The fourth-order valence-electron chi connectivity index (χ4n) is 1.49. The smallest absolute Gasteiger partial charge is 0.407 e. The normalized spacial score (nSPS) is 11.8. The van der Waals surface area contributed by atoms with Crippen molar-refractivity contribution < 1.29 is 19.1 Å². The first kappa shape index (κ1) is 18.3. The monoisotopic (exact) mass is 320 g/mol. The molecule has 1 aromatic carbocycles. The van der Waals surface area contributed by atoms with Crippen LogP contribution in [0.4, 0.5) is 4.79 Å². The van der Waals surface area contributed by atoms with E-state index in [1.807, 2.05) is 0 Å². The van der Waals surface area contributed by atoms with Crippen molar-refractivity contribution >= 4 is 12.1 Å². The van der Waals surface area contributed by atoms with Gasteiger partial charge in [-0.15, -0.1) is 0 Å². The van der Waals surface area contributed by atoms with Gasteiger partial charge in [-0.25, -0.2) is 4.79 Å². The minimum Gasteiger partial charge on any atom is -0.444 e. The van der Waals surface area contributed by atoms with Gasteiger partial charge in [-0.05, 0) is 50.9 Å². The Morgan fingerprint density at radius 3 is 2.43 bits per heavy atom. The van der Waals surface area contributed by atoms with Crippen LogP contribution in [0.3, 0.4) is 0 Å². The summed E-state index contributed by atoms with van der Waals surface area (Å²) in [5, 5.41) is 5.89. The predicted molar refractivity (Wildman–Crippen MR) is 83.8 cm³/mol. The summed E-state index contributed by atoms with van der Waals surface area (Å²) in [5.41, 5.74) is 8.54. The first-order chi connectivity index (χ1) is 10.7. The van der Waals surface area contributed by atoms with E-state index in [2.05, 4.69) is 15.3 Å². The lowest BCUT2D eigenvalue weighted by Gasteiger charge is -2.19. The number of hydrogen-bond acceptors (Lipinski definition) is 5. The number of carbonyl (C=O) groups is 2. The van der Waals surface area contributed by atoms with E-state index in [0.29, 0.717) is 5.75 Å². The molecule has 0 aliphatic heterocycles. The van der Waals surface area contributed by atoms with Crippen molar-refractivity contribution in [3.63, 3.8) is 0 Å². The van der Waals surface area contributed by atoms with E-state index in [4.69, 9.17) is 15.0 Å². The molecule has 8 nitrogen and oxygen atoms in total. The van der Waals surface area contributed by atoms with Crippen LogP contribution in [0.1, 0.15) is 33.3 Å². The largest absolute Gasteiger partial charge is 0.444 e. The lowest BCUT2D eigenvalue weighted by molar-refractivity contribution is -0.135. The molecule has 0 aromatic heterocycles. The van der Waals surface area contributed by atoms with Gasteiger partial charge in [-0.3, -0.25) is 4.79 Å². The van der Waals surface area contributed by atoms with Gasteiger partial charge in [0.25, 0.3) is 0 Å². The summed E-state index contributed by atoms with van der Waals surface area (Å²) in [5.74, 6) is -0.307. The molecule has 1 aromatic rings. The number of nitrogens with one attached hydrogen (secondary N) is 1. The second kappa shape index (κ2) is 8.05. The summed E-state index contributed by atoms with van der Waals surface area (Å²) < 4.78 is 10.2. The molecule has 0 radical (unpaired) electrons. The van der Waals surface area contributed by atoms with Crippen LogP contribution in [-0.2, 0) is 16.1 Å². The maximum Gasteiger partial charge on any atom is 0.407 e. The van der Waals surface area contributed by atoms with E-state index in [1.165, 1.54) is 6.92 Å². The van der Waals surface area contributed by atoms with Crippen LogP contribution in [0.15, 0.2) is 29.4 Å². The zero-order valence-electron chi connectivity index (χ0n) is 13.6. The Kier molecular flexibility index (Phi) is 6.41. The van der Waals surface area contributed by atoms with Gasteiger partial charge >= 0.3 is 12.1 Å². The highest BCUT2D eigenvalue weighted by molar-refractivity contribution is 5.77. The number of azide groups is 1. The van der Waals surface area contributed by atoms with Gasteiger partial charge in [0, 0.05) is 11.5 Å². The van der Waals surface area contributed by atoms with E-state index in [-0.39, 0.29) is 6.54 Å². The molecule has 0 heterocycles. The Morgan fingerprint density at radius 1 is 1.30 bits per heavy atom. The fraction of sp³-hybridized carbons (Fsp3) is 0.467. The Morgan fingerprint density at radius 2 is 1.91 bits per heavy atom. The van der Waals surface area contributed by atoms with Gasteiger partial charge in [-0.1, -0.05) is 17.2 Å². The van der Waals surface area contributed by atoms with Crippen LogP contribution in [0.5, 0.6) is 5.75 Å². The number of hydrogen-bond donors (Lipinski definition) is 1. The summed E-state index contributed by atoms with van der Waals surface area (Å²) in [6.45, 7) is 7.09. The van der Waals surface area contributed by atoms with E-state index in [0.717, 1.165) is 5.56 Å².